The molecule has 0 aliphatic heterocycles. The molecule has 0 atom stereocenters. The maximum atomic E-state index is 11.9. The monoisotopic (exact) mass is 237 g/mol. The average Bonchev–Trinajstić information content (AvgIpc) is 3.05. The third-order valence-corrected chi connectivity index (χ3v) is 3.24. The zero-order valence-corrected chi connectivity index (χ0v) is 10.9. The van der Waals surface area contributed by atoms with Crippen molar-refractivity contribution in [1.82, 2.24) is 14.5 Å². The highest BCUT2D eigenvalue weighted by atomic mass is 16.1. The van der Waals surface area contributed by atoms with Crippen LogP contribution in [0.4, 0.5) is 0 Å². The first-order chi connectivity index (χ1) is 8.18. The van der Waals surface area contributed by atoms with Gasteiger partial charge in [0, 0.05) is 31.5 Å². The van der Waals surface area contributed by atoms with Gasteiger partial charge in [0.15, 0.2) is 0 Å². The molecular weight excluding hydrogens is 214 g/mol. The van der Waals surface area contributed by atoms with E-state index in [-0.39, 0.29) is 5.69 Å². The predicted molar refractivity (Wildman–Crippen MR) is 69.3 cm³/mol. The van der Waals surface area contributed by atoms with Crippen LogP contribution in [0.3, 0.4) is 0 Å². The number of hydrogen-bond donors (Lipinski definition) is 1. The molecule has 96 valence electrons. The molecule has 1 heterocycles. The summed E-state index contributed by atoms with van der Waals surface area (Å²) in [6, 6.07) is 0.484. The van der Waals surface area contributed by atoms with E-state index in [1.807, 2.05) is 17.0 Å². The van der Waals surface area contributed by atoms with Crippen molar-refractivity contribution in [2.75, 3.05) is 13.1 Å². The lowest BCUT2D eigenvalue weighted by molar-refractivity contribution is 0.512. The topological polar surface area (TPSA) is 39.0 Å². The third kappa shape index (κ3) is 3.46. The molecule has 0 aromatic carbocycles. The molecule has 0 amide bonds. The van der Waals surface area contributed by atoms with Gasteiger partial charge in [0.25, 0.3) is 0 Å². The minimum absolute atomic E-state index is 0.151. The largest absolute Gasteiger partial charge is 0.328 e. The van der Waals surface area contributed by atoms with Crippen LogP contribution in [0.2, 0.25) is 0 Å². The van der Waals surface area contributed by atoms with Gasteiger partial charge in [0.1, 0.15) is 0 Å². The van der Waals surface area contributed by atoms with Crippen molar-refractivity contribution in [2.45, 2.75) is 45.7 Å². The lowest BCUT2D eigenvalue weighted by atomic mass is 10.1. The smallest absolute Gasteiger partial charge is 0.315 e. The molecule has 1 aliphatic rings. The van der Waals surface area contributed by atoms with Crippen LogP contribution < -0.4 is 11.0 Å². The fourth-order valence-corrected chi connectivity index (χ4v) is 1.94. The minimum atomic E-state index is 0.151. The molecule has 2 rings (SSSR count). The van der Waals surface area contributed by atoms with Gasteiger partial charge >= 0.3 is 5.69 Å². The van der Waals surface area contributed by atoms with Gasteiger partial charge in [-0.25, -0.2) is 4.79 Å². The van der Waals surface area contributed by atoms with E-state index < -0.39 is 0 Å². The molecule has 1 N–H and O–H groups in total. The van der Waals surface area contributed by atoms with Crippen molar-refractivity contribution in [3.05, 3.63) is 22.9 Å². The Balaban J connectivity index is 1.73. The van der Waals surface area contributed by atoms with Crippen LogP contribution in [0.25, 0.3) is 0 Å². The molecule has 0 saturated heterocycles. The molecule has 1 saturated carbocycles. The number of rotatable bonds is 7. The number of nitrogens with one attached hydrogen (secondary N) is 1. The van der Waals surface area contributed by atoms with E-state index in [4.69, 9.17) is 0 Å². The van der Waals surface area contributed by atoms with E-state index in [1.165, 1.54) is 6.42 Å². The van der Waals surface area contributed by atoms with E-state index in [0.29, 0.717) is 6.04 Å². The lowest BCUT2D eigenvalue weighted by Crippen LogP contribution is -2.29. The number of imidazole rings is 1. The summed E-state index contributed by atoms with van der Waals surface area (Å²) < 4.78 is 3.68. The highest BCUT2D eigenvalue weighted by Gasteiger charge is 2.25. The van der Waals surface area contributed by atoms with Crippen LogP contribution in [0.15, 0.2) is 17.2 Å². The number of nitrogens with zero attached hydrogens (tertiary/aromatic N) is 2. The Morgan fingerprint density at radius 3 is 2.76 bits per heavy atom. The van der Waals surface area contributed by atoms with Gasteiger partial charge in [-0.3, -0.25) is 9.13 Å². The molecule has 1 fully saturated rings. The van der Waals surface area contributed by atoms with Gasteiger partial charge in [-0.15, -0.1) is 0 Å². The number of aromatic nitrogens is 2. The van der Waals surface area contributed by atoms with Gasteiger partial charge in [-0.1, -0.05) is 13.8 Å². The zero-order valence-electron chi connectivity index (χ0n) is 10.9. The van der Waals surface area contributed by atoms with Crippen LogP contribution in [-0.4, -0.2) is 22.2 Å². The van der Waals surface area contributed by atoms with Crippen LogP contribution in [0.1, 0.15) is 39.2 Å². The van der Waals surface area contributed by atoms with Crippen LogP contribution in [0, 0.1) is 5.92 Å². The summed E-state index contributed by atoms with van der Waals surface area (Å²) in [6.07, 6.45) is 7.35. The van der Waals surface area contributed by atoms with Crippen molar-refractivity contribution in [3.63, 3.8) is 0 Å². The Bertz CT molecular complexity index is 401. The molecule has 0 spiro atoms. The molecule has 4 nitrogen and oxygen atoms in total. The predicted octanol–water partition coefficient (Wildman–Crippen LogP) is 1.62. The average molecular weight is 237 g/mol. The Morgan fingerprint density at radius 1 is 1.35 bits per heavy atom. The maximum Gasteiger partial charge on any atom is 0.328 e. The van der Waals surface area contributed by atoms with E-state index in [0.717, 1.165) is 38.4 Å². The first kappa shape index (κ1) is 12.4. The molecule has 4 heteroatoms. The summed E-state index contributed by atoms with van der Waals surface area (Å²) in [6.45, 7) is 7.14. The van der Waals surface area contributed by atoms with Gasteiger partial charge in [-0.2, -0.15) is 0 Å². The fourth-order valence-electron chi connectivity index (χ4n) is 1.94. The Labute approximate surface area is 103 Å². The molecule has 1 aromatic heterocycles. The normalized spacial score (nSPS) is 15.7. The second-order valence-corrected chi connectivity index (χ2v) is 5.35. The molecule has 0 unspecified atom stereocenters. The summed E-state index contributed by atoms with van der Waals surface area (Å²) in [5.41, 5.74) is 0.151. The molecule has 1 aliphatic carbocycles. The Morgan fingerprint density at radius 2 is 2.12 bits per heavy atom. The molecule has 17 heavy (non-hydrogen) atoms. The van der Waals surface area contributed by atoms with E-state index in [1.54, 1.807) is 4.57 Å². The van der Waals surface area contributed by atoms with Crippen molar-refractivity contribution < 1.29 is 0 Å². The van der Waals surface area contributed by atoms with Crippen molar-refractivity contribution in [1.29, 1.82) is 0 Å². The molecule has 0 bridgehead atoms. The fraction of sp³-hybridized carbons (Fsp3) is 0.769. The van der Waals surface area contributed by atoms with Crippen molar-refractivity contribution >= 4 is 0 Å². The van der Waals surface area contributed by atoms with Crippen molar-refractivity contribution in [2.24, 2.45) is 5.92 Å². The minimum Gasteiger partial charge on any atom is -0.315 e. The third-order valence-electron chi connectivity index (χ3n) is 3.24. The first-order valence-electron chi connectivity index (χ1n) is 6.66. The van der Waals surface area contributed by atoms with E-state index in [2.05, 4.69) is 19.2 Å². The number of hydrogen-bond acceptors (Lipinski definition) is 2. The second kappa shape index (κ2) is 5.54. The van der Waals surface area contributed by atoms with Gasteiger partial charge < -0.3 is 5.32 Å². The van der Waals surface area contributed by atoms with Gasteiger partial charge in [-0.05, 0) is 31.7 Å². The first-order valence-corrected chi connectivity index (χ1v) is 6.66. The Hall–Kier alpha value is -1.03. The standard InChI is InChI=1S/C13H23N3O/c1-11(2)5-6-14-7-8-15-9-10-16(13(15)17)12-3-4-12/h9-12,14H,3-8H2,1-2H3. The van der Waals surface area contributed by atoms with Gasteiger partial charge in [0.05, 0.1) is 0 Å². The molecular formula is C13H23N3O. The van der Waals surface area contributed by atoms with E-state index >= 15 is 0 Å². The summed E-state index contributed by atoms with van der Waals surface area (Å²) in [7, 11) is 0. The second-order valence-electron chi connectivity index (χ2n) is 5.35. The summed E-state index contributed by atoms with van der Waals surface area (Å²) >= 11 is 0. The van der Waals surface area contributed by atoms with Crippen LogP contribution in [-0.2, 0) is 6.54 Å². The quantitative estimate of drug-likeness (QED) is 0.732. The summed E-state index contributed by atoms with van der Waals surface area (Å²) in [5, 5.41) is 3.38. The zero-order chi connectivity index (χ0) is 12.3. The Kier molecular flexibility index (Phi) is 4.05. The molecule has 0 radical (unpaired) electrons. The van der Waals surface area contributed by atoms with Crippen LogP contribution in [0.5, 0.6) is 0 Å². The molecule has 1 aromatic rings. The van der Waals surface area contributed by atoms with Crippen molar-refractivity contribution in [3.8, 4) is 0 Å². The van der Waals surface area contributed by atoms with Crippen LogP contribution >= 0.6 is 0 Å². The summed E-state index contributed by atoms with van der Waals surface area (Å²) in [4.78, 5) is 11.9. The van der Waals surface area contributed by atoms with E-state index in [9.17, 15) is 4.79 Å². The highest BCUT2D eigenvalue weighted by molar-refractivity contribution is 4.91. The summed E-state index contributed by atoms with van der Waals surface area (Å²) in [5.74, 6) is 0.737. The SMILES string of the molecule is CC(C)CCNCCn1ccn(C2CC2)c1=O. The highest BCUT2D eigenvalue weighted by Crippen LogP contribution is 2.33. The lowest BCUT2D eigenvalue weighted by Gasteiger charge is -2.06. The van der Waals surface area contributed by atoms with Gasteiger partial charge in [0.2, 0.25) is 0 Å². The maximum absolute atomic E-state index is 11.9.